The Labute approximate surface area is 161 Å². The molecule has 0 saturated heterocycles. The van der Waals surface area contributed by atoms with Crippen molar-refractivity contribution >= 4 is 34.0 Å². The minimum Gasteiger partial charge on any atom is -0.355 e. The van der Waals surface area contributed by atoms with Gasteiger partial charge in [0.25, 0.3) is 5.91 Å². The Bertz CT molecular complexity index is 1210. The first-order valence-electron chi connectivity index (χ1n) is 8.82. The molecule has 0 atom stereocenters. The Morgan fingerprint density at radius 2 is 1.68 bits per heavy atom. The van der Waals surface area contributed by atoms with Gasteiger partial charge in [-0.15, -0.1) is 0 Å². The van der Waals surface area contributed by atoms with E-state index in [0.29, 0.717) is 16.9 Å². The molecule has 0 spiro atoms. The van der Waals surface area contributed by atoms with Crippen molar-refractivity contribution in [1.29, 1.82) is 0 Å². The first-order chi connectivity index (χ1) is 13.6. The lowest BCUT2D eigenvalue weighted by atomic mass is 10.1. The molecule has 28 heavy (non-hydrogen) atoms. The molecule has 2 aromatic carbocycles. The van der Waals surface area contributed by atoms with Gasteiger partial charge in [0.1, 0.15) is 5.65 Å². The average molecular weight is 370 g/mol. The lowest BCUT2D eigenvalue weighted by Gasteiger charge is -2.11. The fraction of sp³-hybridized carbons (Fsp3) is 0.0455. The zero-order valence-corrected chi connectivity index (χ0v) is 15.2. The molecule has 138 valence electrons. The summed E-state index contributed by atoms with van der Waals surface area (Å²) in [6.45, 7) is 1.91. The summed E-state index contributed by atoms with van der Waals surface area (Å²) >= 11 is 0. The Hall–Kier alpha value is -3.93. The van der Waals surface area contributed by atoms with Crippen molar-refractivity contribution in [2.75, 3.05) is 10.6 Å². The first kappa shape index (κ1) is 17.5. The third-order valence-electron chi connectivity index (χ3n) is 4.44. The Kier molecular flexibility index (Phi) is 4.60. The van der Waals surface area contributed by atoms with Gasteiger partial charge in [-0.2, -0.15) is 0 Å². The number of fused-ring (bicyclic) bond motifs is 1. The maximum Gasteiger partial charge on any atom is 0.255 e. The van der Waals surface area contributed by atoms with E-state index in [1.165, 1.54) is 6.07 Å². The van der Waals surface area contributed by atoms with Crippen LogP contribution in [0.1, 0.15) is 15.9 Å². The molecule has 6 heteroatoms. The molecule has 0 saturated carbocycles. The van der Waals surface area contributed by atoms with Crippen LogP contribution in [0.5, 0.6) is 0 Å². The number of benzene rings is 2. The smallest absolute Gasteiger partial charge is 0.255 e. The molecule has 3 N–H and O–H groups in total. The molecule has 2 aromatic heterocycles. The summed E-state index contributed by atoms with van der Waals surface area (Å²) in [6.07, 6.45) is 1.64. The lowest BCUT2D eigenvalue weighted by molar-refractivity contribution is 0.102. The van der Waals surface area contributed by atoms with Crippen LogP contribution in [-0.2, 0) is 0 Å². The number of pyridine rings is 2. The van der Waals surface area contributed by atoms with Crippen molar-refractivity contribution in [3.63, 3.8) is 0 Å². The van der Waals surface area contributed by atoms with E-state index >= 15 is 0 Å². The number of aryl methyl sites for hydroxylation is 1. The van der Waals surface area contributed by atoms with Gasteiger partial charge in [-0.05, 0) is 55.0 Å². The molecule has 1 amide bonds. The zero-order chi connectivity index (χ0) is 19.5. The molecule has 0 aliphatic carbocycles. The number of carbonyl (C=O) groups is 1. The van der Waals surface area contributed by atoms with Gasteiger partial charge in [0, 0.05) is 34.6 Å². The van der Waals surface area contributed by atoms with Gasteiger partial charge in [0.15, 0.2) is 0 Å². The number of anilines is 3. The molecular weight excluding hydrogens is 352 g/mol. The summed E-state index contributed by atoms with van der Waals surface area (Å²) in [5, 5.41) is 7.04. The van der Waals surface area contributed by atoms with E-state index in [0.717, 1.165) is 22.3 Å². The Balaban J connectivity index is 1.52. The zero-order valence-electron chi connectivity index (χ0n) is 15.2. The van der Waals surface area contributed by atoms with Crippen LogP contribution in [0, 0.1) is 6.92 Å². The van der Waals surface area contributed by atoms with Gasteiger partial charge in [0.05, 0.1) is 5.69 Å². The summed E-state index contributed by atoms with van der Waals surface area (Å²) in [7, 11) is 0. The van der Waals surface area contributed by atoms with E-state index < -0.39 is 0 Å². The molecule has 4 rings (SSSR count). The van der Waals surface area contributed by atoms with Gasteiger partial charge < -0.3 is 15.6 Å². The number of carbonyl (C=O) groups excluding carboxylic acids is 1. The molecule has 0 aliphatic rings. The SMILES string of the molecule is Cc1ccccc1C(=O)Nc1ccc(Nc2ccnc3[nH]c(=O)ccc23)cc1. The maximum absolute atomic E-state index is 12.4. The minimum atomic E-state index is -0.189. The highest BCUT2D eigenvalue weighted by molar-refractivity contribution is 6.05. The van der Waals surface area contributed by atoms with Crippen molar-refractivity contribution in [2.45, 2.75) is 6.92 Å². The predicted molar refractivity (Wildman–Crippen MR) is 111 cm³/mol. The summed E-state index contributed by atoms with van der Waals surface area (Å²) in [5.74, 6) is -0.136. The van der Waals surface area contributed by atoms with Crippen molar-refractivity contribution < 1.29 is 4.79 Å². The third kappa shape index (κ3) is 3.61. The standard InChI is InChI=1S/C22H18N4O2/c1-14-4-2-3-5-17(14)22(28)25-16-8-6-15(7-9-16)24-19-12-13-23-21-18(19)10-11-20(27)26-21/h2-13H,1H3,(H,25,28)(H2,23,24,26,27). The lowest BCUT2D eigenvalue weighted by Crippen LogP contribution is -2.13. The number of hydrogen-bond donors (Lipinski definition) is 3. The second-order valence-electron chi connectivity index (χ2n) is 6.41. The van der Waals surface area contributed by atoms with Crippen molar-refractivity contribution in [3.05, 3.63) is 94.4 Å². The van der Waals surface area contributed by atoms with Crippen LogP contribution in [-0.4, -0.2) is 15.9 Å². The van der Waals surface area contributed by atoms with Crippen LogP contribution in [0.3, 0.4) is 0 Å². The monoisotopic (exact) mass is 370 g/mol. The number of aromatic amines is 1. The van der Waals surface area contributed by atoms with E-state index in [9.17, 15) is 9.59 Å². The highest BCUT2D eigenvalue weighted by atomic mass is 16.1. The van der Waals surface area contributed by atoms with Crippen molar-refractivity contribution in [1.82, 2.24) is 9.97 Å². The van der Waals surface area contributed by atoms with Gasteiger partial charge >= 0.3 is 0 Å². The average Bonchev–Trinajstić information content (AvgIpc) is 2.69. The molecule has 0 radical (unpaired) electrons. The minimum absolute atomic E-state index is 0.136. The largest absolute Gasteiger partial charge is 0.355 e. The molecule has 0 fully saturated rings. The predicted octanol–water partition coefficient (Wildman–Crippen LogP) is 4.23. The number of nitrogens with one attached hydrogen (secondary N) is 3. The molecular formula is C22H18N4O2. The Morgan fingerprint density at radius 3 is 2.46 bits per heavy atom. The number of amides is 1. The molecule has 2 heterocycles. The van der Waals surface area contributed by atoms with E-state index in [1.54, 1.807) is 18.3 Å². The molecule has 4 aromatic rings. The summed E-state index contributed by atoms with van der Waals surface area (Å²) in [5.41, 5.74) is 4.32. The normalized spacial score (nSPS) is 10.6. The summed E-state index contributed by atoms with van der Waals surface area (Å²) in [6, 6.07) is 20.0. The fourth-order valence-electron chi connectivity index (χ4n) is 2.99. The first-order valence-corrected chi connectivity index (χ1v) is 8.82. The summed E-state index contributed by atoms with van der Waals surface area (Å²) < 4.78 is 0. The summed E-state index contributed by atoms with van der Waals surface area (Å²) in [4.78, 5) is 30.8. The maximum atomic E-state index is 12.4. The number of rotatable bonds is 4. The van der Waals surface area contributed by atoms with Crippen LogP contribution in [0.4, 0.5) is 17.1 Å². The number of hydrogen-bond acceptors (Lipinski definition) is 4. The van der Waals surface area contributed by atoms with Crippen LogP contribution >= 0.6 is 0 Å². The van der Waals surface area contributed by atoms with Gasteiger partial charge in [-0.1, -0.05) is 18.2 Å². The quantitative estimate of drug-likeness (QED) is 0.502. The van der Waals surface area contributed by atoms with Gasteiger partial charge in [0.2, 0.25) is 5.56 Å². The third-order valence-corrected chi connectivity index (χ3v) is 4.44. The topological polar surface area (TPSA) is 86.9 Å². The van der Waals surface area contributed by atoms with E-state index in [1.807, 2.05) is 55.5 Å². The fourth-order valence-corrected chi connectivity index (χ4v) is 2.99. The van der Waals surface area contributed by atoms with E-state index in [2.05, 4.69) is 20.6 Å². The molecule has 0 unspecified atom stereocenters. The molecule has 0 bridgehead atoms. The van der Waals surface area contributed by atoms with E-state index in [-0.39, 0.29) is 11.5 Å². The highest BCUT2D eigenvalue weighted by Gasteiger charge is 2.09. The molecule has 6 nitrogen and oxygen atoms in total. The van der Waals surface area contributed by atoms with E-state index in [4.69, 9.17) is 0 Å². The Morgan fingerprint density at radius 1 is 0.929 bits per heavy atom. The van der Waals surface area contributed by atoms with Crippen molar-refractivity contribution in [3.8, 4) is 0 Å². The van der Waals surface area contributed by atoms with Crippen LogP contribution in [0.25, 0.3) is 11.0 Å². The van der Waals surface area contributed by atoms with Crippen molar-refractivity contribution in [2.24, 2.45) is 0 Å². The van der Waals surface area contributed by atoms with Crippen LogP contribution in [0.2, 0.25) is 0 Å². The van der Waals surface area contributed by atoms with Gasteiger partial charge in [-0.25, -0.2) is 4.98 Å². The van der Waals surface area contributed by atoms with Crippen LogP contribution in [0.15, 0.2) is 77.7 Å². The number of H-pyrrole nitrogens is 1. The van der Waals surface area contributed by atoms with Crippen LogP contribution < -0.4 is 16.2 Å². The number of nitrogens with zero attached hydrogens (tertiary/aromatic N) is 1. The van der Waals surface area contributed by atoms with Gasteiger partial charge in [-0.3, -0.25) is 9.59 Å². The number of aromatic nitrogens is 2. The highest BCUT2D eigenvalue weighted by Crippen LogP contribution is 2.24. The molecule has 0 aliphatic heterocycles. The second kappa shape index (κ2) is 7.36. The second-order valence-corrected chi connectivity index (χ2v) is 6.41.